The third kappa shape index (κ3) is 4.34. The molecule has 9 heteroatoms. The number of hydrogen-bond donors (Lipinski definition) is 0. The van der Waals surface area contributed by atoms with Crippen LogP contribution < -0.4 is 4.90 Å². The summed E-state index contributed by atoms with van der Waals surface area (Å²) in [4.78, 5) is 34.8. The molecule has 1 amide bonds. The van der Waals surface area contributed by atoms with Gasteiger partial charge < -0.3 is 9.80 Å². The predicted molar refractivity (Wildman–Crippen MR) is 143 cm³/mol. The van der Waals surface area contributed by atoms with Crippen LogP contribution in [0.3, 0.4) is 0 Å². The molecule has 194 valence electrons. The number of halogens is 1. The van der Waals surface area contributed by atoms with Crippen molar-refractivity contribution in [2.24, 2.45) is 0 Å². The Kier molecular flexibility index (Phi) is 6.15. The lowest BCUT2D eigenvalue weighted by molar-refractivity contribution is -0.123. The number of pyridine rings is 1. The summed E-state index contributed by atoms with van der Waals surface area (Å²) in [7, 11) is 0. The minimum Gasteiger partial charge on any atom is -0.358 e. The first kappa shape index (κ1) is 24.5. The summed E-state index contributed by atoms with van der Waals surface area (Å²) in [5.41, 5.74) is 3.27. The molecule has 2 aliphatic heterocycles. The Morgan fingerprint density at radius 1 is 0.923 bits per heavy atom. The van der Waals surface area contributed by atoms with E-state index in [9.17, 15) is 14.0 Å². The minimum atomic E-state index is -0.652. The van der Waals surface area contributed by atoms with Crippen LogP contribution in [0.2, 0.25) is 0 Å². The molecular weight excluding hydrogens is 495 g/mol. The van der Waals surface area contributed by atoms with Crippen LogP contribution in [-0.2, 0) is 4.79 Å². The van der Waals surface area contributed by atoms with E-state index in [1.165, 1.54) is 12.1 Å². The number of rotatable bonds is 4. The second-order valence-corrected chi connectivity index (χ2v) is 9.85. The average molecular weight is 521 g/mol. The molecule has 0 aliphatic carbocycles. The van der Waals surface area contributed by atoms with Crippen molar-refractivity contribution in [3.8, 4) is 23.0 Å². The fourth-order valence-electron chi connectivity index (χ4n) is 5.69. The molecule has 39 heavy (non-hydrogen) atoms. The number of aromatic nitrogens is 3. The van der Waals surface area contributed by atoms with E-state index >= 15 is 0 Å². The smallest absolute Gasteiger partial charge is 0.274 e. The van der Waals surface area contributed by atoms with Crippen LogP contribution in [0.4, 0.5) is 10.1 Å². The number of amides is 1. The third-order valence-corrected chi connectivity index (χ3v) is 7.76. The highest BCUT2D eigenvalue weighted by Crippen LogP contribution is 2.39. The summed E-state index contributed by atoms with van der Waals surface area (Å²) in [6.07, 6.45) is 4.84. The molecule has 0 saturated carbocycles. The number of ketones is 1. The zero-order valence-corrected chi connectivity index (χ0v) is 21.1. The van der Waals surface area contributed by atoms with E-state index in [-0.39, 0.29) is 23.2 Å². The first-order valence-electron chi connectivity index (χ1n) is 12.9. The number of likely N-dealkylation sites (tertiary alicyclic amines) is 1. The first-order valence-corrected chi connectivity index (χ1v) is 12.9. The lowest BCUT2D eigenvalue weighted by Crippen LogP contribution is -2.56. The van der Waals surface area contributed by atoms with Gasteiger partial charge in [-0.3, -0.25) is 14.6 Å². The van der Waals surface area contributed by atoms with Crippen molar-refractivity contribution >= 4 is 17.4 Å². The fraction of sp³-hybridized carbons (Fsp3) is 0.233. The Bertz CT molecular complexity index is 1570. The molecule has 0 unspecified atom stereocenters. The summed E-state index contributed by atoms with van der Waals surface area (Å²) in [6, 6.07) is 20.8. The van der Waals surface area contributed by atoms with Gasteiger partial charge in [0.2, 0.25) is 0 Å². The molecule has 2 aliphatic rings. The number of carbonyl (C=O) groups is 2. The van der Waals surface area contributed by atoms with E-state index in [2.05, 4.69) is 21.1 Å². The second-order valence-electron chi connectivity index (χ2n) is 9.85. The Morgan fingerprint density at radius 2 is 1.59 bits per heavy atom. The van der Waals surface area contributed by atoms with Crippen molar-refractivity contribution in [2.45, 2.75) is 24.8 Å². The van der Waals surface area contributed by atoms with E-state index in [0.29, 0.717) is 55.8 Å². The summed E-state index contributed by atoms with van der Waals surface area (Å²) < 4.78 is 15.2. The fourth-order valence-corrected chi connectivity index (χ4v) is 5.69. The van der Waals surface area contributed by atoms with E-state index in [4.69, 9.17) is 5.26 Å². The van der Waals surface area contributed by atoms with Gasteiger partial charge in [-0.15, -0.1) is 0 Å². The van der Waals surface area contributed by atoms with Crippen LogP contribution in [0.1, 0.15) is 35.3 Å². The Morgan fingerprint density at radius 3 is 2.26 bits per heavy atom. The quantitative estimate of drug-likeness (QED) is 0.396. The number of anilines is 1. The van der Waals surface area contributed by atoms with Gasteiger partial charge in [0.1, 0.15) is 11.4 Å². The van der Waals surface area contributed by atoms with Crippen LogP contribution in [0, 0.1) is 17.1 Å². The SMILES string of the molecule is N#Cc1ccc(N2CCC(=O)C23CCN(C(=O)c2cc(-c4ccncc4)n(-c4ccc(F)cc4)n2)CC3)cc1. The predicted octanol–water partition coefficient (Wildman–Crippen LogP) is 4.40. The van der Waals surface area contributed by atoms with Crippen molar-refractivity contribution in [3.05, 3.63) is 96.2 Å². The van der Waals surface area contributed by atoms with Crippen molar-refractivity contribution in [2.75, 3.05) is 24.5 Å². The lowest BCUT2D eigenvalue weighted by Gasteiger charge is -2.44. The van der Waals surface area contributed by atoms with Gasteiger partial charge in [-0.25, -0.2) is 9.07 Å². The highest BCUT2D eigenvalue weighted by molar-refractivity contribution is 5.97. The standard InChI is InChI=1S/C30H25FN6O2/c31-23-3-7-25(8-4-23)37-27(22-9-14-33-15-10-22)19-26(34-37)29(39)35-17-12-30(13-18-35)28(38)11-16-36(30)24-5-1-21(20-32)2-6-24/h1-10,14-15,19H,11-13,16-18H2. The number of nitrogens with zero attached hydrogens (tertiary/aromatic N) is 6. The molecule has 8 nitrogen and oxygen atoms in total. The molecule has 6 rings (SSSR count). The van der Waals surface area contributed by atoms with Gasteiger partial charge >= 0.3 is 0 Å². The number of nitriles is 1. The molecule has 2 fully saturated rings. The number of benzene rings is 2. The highest BCUT2D eigenvalue weighted by atomic mass is 19.1. The van der Waals surface area contributed by atoms with Crippen LogP contribution in [0.15, 0.2) is 79.1 Å². The number of hydrogen-bond acceptors (Lipinski definition) is 6. The van der Waals surface area contributed by atoms with E-state index in [0.717, 1.165) is 11.3 Å². The minimum absolute atomic E-state index is 0.194. The number of piperidine rings is 1. The molecule has 2 aromatic carbocycles. The Hall–Kier alpha value is -4.84. The van der Waals surface area contributed by atoms with Crippen molar-refractivity contribution in [3.63, 3.8) is 0 Å². The van der Waals surface area contributed by atoms with E-state index in [1.807, 2.05) is 24.3 Å². The van der Waals surface area contributed by atoms with Crippen LogP contribution in [0.5, 0.6) is 0 Å². The molecule has 1 spiro atoms. The molecule has 4 heterocycles. The Balaban J connectivity index is 1.26. The Labute approximate surface area is 224 Å². The van der Waals surface area contributed by atoms with Gasteiger partial charge in [-0.05, 0) is 79.6 Å². The largest absolute Gasteiger partial charge is 0.358 e. The average Bonchev–Trinajstić information content (AvgIpc) is 3.56. The van der Waals surface area contributed by atoms with Gasteiger partial charge in [0.25, 0.3) is 5.91 Å². The molecule has 2 saturated heterocycles. The molecular formula is C30H25FN6O2. The topological polar surface area (TPSA) is 95.1 Å². The molecule has 4 aromatic rings. The maximum absolute atomic E-state index is 13.6. The summed E-state index contributed by atoms with van der Waals surface area (Å²) in [5.74, 6) is -0.373. The molecule has 2 aromatic heterocycles. The maximum Gasteiger partial charge on any atom is 0.274 e. The molecule has 0 N–H and O–H groups in total. The van der Waals surface area contributed by atoms with Crippen molar-refractivity contribution in [1.29, 1.82) is 5.26 Å². The second kappa shape index (κ2) is 9.80. The van der Waals surface area contributed by atoms with Gasteiger partial charge in [0.05, 0.1) is 23.0 Å². The number of carbonyl (C=O) groups excluding carboxylic acids is 2. The molecule has 0 atom stereocenters. The van der Waals surface area contributed by atoms with E-state index in [1.54, 1.807) is 52.3 Å². The zero-order valence-electron chi connectivity index (χ0n) is 21.1. The first-order chi connectivity index (χ1) is 19.0. The third-order valence-electron chi connectivity index (χ3n) is 7.76. The lowest BCUT2D eigenvalue weighted by atomic mass is 9.83. The molecule has 0 radical (unpaired) electrons. The highest BCUT2D eigenvalue weighted by Gasteiger charge is 2.50. The van der Waals surface area contributed by atoms with Gasteiger partial charge in [-0.2, -0.15) is 10.4 Å². The normalized spacial score (nSPS) is 16.5. The van der Waals surface area contributed by atoms with Gasteiger partial charge in [0, 0.05) is 49.7 Å². The summed E-state index contributed by atoms with van der Waals surface area (Å²) >= 11 is 0. The van der Waals surface area contributed by atoms with Crippen LogP contribution in [-0.4, -0.2) is 56.5 Å². The van der Waals surface area contributed by atoms with Gasteiger partial charge in [0.15, 0.2) is 11.5 Å². The van der Waals surface area contributed by atoms with Crippen molar-refractivity contribution < 1.29 is 14.0 Å². The van der Waals surface area contributed by atoms with Crippen molar-refractivity contribution in [1.82, 2.24) is 19.7 Å². The van der Waals surface area contributed by atoms with Crippen LogP contribution in [0.25, 0.3) is 16.9 Å². The number of Topliss-reactive ketones (excluding diaryl/α,β-unsaturated/α-hetero) is 1. The van der Waals surface area contributed by atoms with E-state index < -0.39 is 5.54 Å². The monoisotopic (exact) mass is 520 g/mol. The van der Waals surface area contributed by atoms with Gasteiger partial charge in [-0.1, -0.05) is 0 Å². The van der Waals surface area contributed by atoms with Crippen LogP contribution >= 0.6 is 0 Å². The maximum atomic E-state index is 13.6. The summed E-state index contributed by atoms with van der Waals surface area (Å²) in [6.45, 7) is 1.47. The zero-order chi connectivity index (χ0) is 27.0. The molecule has 0 bridgehead atoms. The summed E-state index contributed by atoms with van der Waals surface area (Å²) in [5, 5.41) is 13.8.